The topological polar surface area (TPSA) is 175 Å². The molecule has 4 heterocycles. The Morgan fingerprint density at radius 2 is 1.40 bits per heavy atom. The summed E-state index contributed by atoms with van der Waals surface area (Å²) in [5, 5.41) is 10.0. The number of piperidine rings is 1. The van der Waals surface area contributed by atoms with Crippen LogP contribution in [0.1, 0.15) is 87.7 Å². The SMILES string of the molecule is CC[C@H](C)[C@H](NC(=O)OC)C(=O)N1[C@@H]2CC2C[C@H]1c1nc2c(ccc3cc(-c4ccc5c(ccc6[nH]c([C@@H]7C[C@H](COC)CN7C(=O)[C@H](NC(=O)C7CC7)c7ccccc7)nc65)c4)ccc32)[nH]1. The predicted molar refractivity (Wildman–Crippen MR) is 256 cm³/mol. The Morgan fingerprint density at radius 3 is 2.00 bits per heavy atom. The van der Waals surface area contributed by atoms with E-state index in [1.165, 1.54) is 7.11 Å². The average Bonchev–Trinajstić information content (AvgIpc) is 4.12. The summed E-state index contributed by atoms with van der Waals surface area (Å²) in [7, 11) is 3.00. The highest BCUT2D eigenvalue weighted by atomic mass is 16.5. The summed E-state index contributed by atoms with van der Waals surface area (Å²) in [6, 6.07) is 28.9. The standard InChI is InChI=1S/C53H56N8O6/c1-5-28(2)44(59-53(65)67-4)52(64)61-41-24-36(41)25-43(61)49-55-40-20-16-35-23-33(14-18-38(35)47(40)57-49)32-13-17-37-34(22-32)15-19-39-46(37)56-48(54-39)42-21-29(27-66-3)26-60(42)51(63)45(30-9-7-6-8-10-30)58-50(62)31-11-12-31/h6-10,13-20,22-23,28-29,31,36,41-45H,5,11-12,21,24-27H2,1-4H3,(H,54,56)(H,55,57)(H,58,62)(H,59,65)/t28-,29-,36?,41+,42-,43-,44-,45+/m0/s1. The first-order valence-electron chi connectivity index (χ1n) is 23.8. The second-order valence-electron chi connectivity index (χ2n) is 19.3. The lowest BCUT2D eigenvalue weighted by atomic mass is 9.97. The lowest BCUT2D eigenvalue weighted by Crippen LogP contribution is -2.52. The number of nitrogens with one attached hydrogen (secondary N) is 4. The van der Waals surface area contributed by atoms with Gasteiger partial charge in [0.25, 0.3) is 0 Å². The molecule has 1 unspecified atom stereocenters. The van der Waals surface area contributed by atoms with Crippen LogP contribution in [0.25, 0.3) is 54.7 Å². The number of hydrogen-bond donors (Lipinski definition) is 4. The van der Waals surface area contributed by atoms with E-state index in [0.29, 0.717) is 25.5 Å². The van der Waals surface area contributed by atoms with Gasteiger partial charge in [0.15, 0.2) is 0 Å². The van der Waals surface area contributed by atoms with Crippen LogP contribution in [0.15, 0.2) is 91.0 Å². The number of methoxy groups -OCH3 is 2. The number of hydrogen-bond acceptors (Lipinski definition) is 8. The minimum absolute atomic E-state index is 0.0322. The number of nitrogens with zero attached hydrogens (tertiary/aromatic N) is 4. The van der Waals surface area contributed by atoms with Crippen molar-refractivity contribution in [3.63, 3.8) is 0 Å². The second kappa shape index (κ2) is 17.1. The molecule has 14 nitrogen and oxygen atoms in total. The number of amides is 4. The third-order valence-corrected chi connectivity index (χ3v) is 14.9. The van der Waals surface area contributed by atoms with Crippen molar-refractivity contribution in [3.8, 4) is 11.1 Å². The van der Waals surface area contributed by atoms with Crippen molar-refractivity contribution in [3.05, 3.63) is 108 Å². The van der Waals surface area contributed by atoms with Crippen molar-refractivity contribution in [2.45, 2.75) is 82.6 Å². The molecule has 2 aromatic heterocycles. The lowest BCUT2D eigenvalue weighted by Gasteiger charge is -2.32. The highest BCUT2D eigenvalue weighted by Gasteiger charge is 2.56. The van der Waals surface area contributed by atoms with Gasteiger partial charge in [-0.3, -0.25) is 14.4 Å². The van der Waals surface area contributed by atoms with Gasteiger partial charge >= 0.3 is 6.09 Å². The van der Waals surface area contributed by atoms with Crippen molar-refractivity contribution < 1.29 is 28.7 Å². The minimum atomic E-state index is -0.795. The quantitative estimate of drug-likeness (QED) is 0.0890. The molecule has 2 saturated carbocycles. The molecule has 11 rings (SSSR count). The molecule has 14 heteroatoms. The molecule has 4 N–H and O–H groups in total. The van der Waals surface area contributed by atoms with E-state index in [0.717, 1.165) is 104 Å². The van der Waals surface area contributed by atoms with Gasteiger partial charge in [-0.1, -0.05) is 87.0 Å². The van der Waals surface area contributed by atoms with E-state index >= 15 is 0 Å². The Kier molecular flexibility index (Phi) is 10.9. The van der Waals surface area contributed by atoms with Gasteiger partial charge in [-0.05, 0) is 95.7 Å². The van der Waals surface area contributed by atoms with E-state index in [1.807, 2.05) is 54.0 Å². The number of fused-ring (bicyclic) bond motifs is 7. The number of imidazole rings is 2. The highest BCUT2D eigenvalue weighted by Crippen LogP contribution is 2.54. The van der Waals surface area contributed by atoms with Crippen LogP contribution in [0.5, 0.6) is 0 Å². The van der Waals surface area contributed by atoms with Crippen LogP contribution < -0.4 is 10.6 Å². The number of rotatable bonds is 13. The summed E-state index contributed by atoms with van der Waals surface area (Å²) in [4.78, 5) is 75.5. The van der Waals surface area contributed by atoms with Gasteiger partial charge < -0.3 is 39.9 Å². The first-order chi connectivity index (χ1) is 32.6. The van der Waals surface area contributed by atoms with Crippen LogP contribution in [0.4, 0.5) is 4.79 Å². The van der Waals surface area contributed by atoms with Crippen LogP contribution in [-0.2, 0) is 23.9 Å². The average molecular weight is 901 g/mol. The summed E-state index contributed by atoms with van der Waals surface area (Å²) in [5.41, 5.74) is 6.41. The zero-order chi connectivity index (χ0) is 46.1. The fraction of sp³-hybridized carbons (Fsp3) is 0.396. The van der Waals surface area contributed by atoms with Crippen LogP contribution in [0, 0.1) is 23.7 Å². The summed E-state index contributed by atoms with van der Waals surface area (Å²) in [5.74, 6) is 1.63. The molecule has 2 aliphatic carbocycles. The third-order valence-electron chi connectivity index (χ3n) is 14.9. The number of carbonyl (C=O) groups is 4. The van der Waals surface area contributed by atoms with Crippen molar-refractivity contribution in [2.75, 3.05) is 27.4 Å². The van der Waals surface area contributed by atoms with Gasteiger partial charge in [-0.2, -0.15) is 0 Å². The molecule has 2 saturated heterocycles. The zero-order valence-electron chi connectivity index (χ0n) is 38.3. The number of benzene rings is 5. The largest absolute Gasteiger partial charge is 0.453 e. The lowest BCUT2D eigenvalue weighted by molar-refractivity contribution is -0.138. The van der Waals surface area contributed by atoms with Gasteiger partial charge in [0.2, 0.25) is 17.7 Å². The highest BCUT2D eigenvalue weighted by molar-refractivity contribution is 6.07. The van der Waals surface area contributed by atoms with Gasteiger partial charge in [0.05, 0.1) is 47.9 Å². The van der Waals surface area contributed by atoms with Crippen LogP contribution in [0.3, 0.4) is 0 Å². The molecule has 2 aliphatic heterocycles. The van der Waals surface area contributed by atoms with E-state index in [2.05, 4.69) is 81.3 Å². The molecule has 67 heavy (non-hydrogen) atoms. The van der Waals surface area contributed by atoms with E-state index < -0.39 is 18.2 Å². The molecule has 8 atom stereocenters. The van der Waals surface area contributed by atoms with Crippen LogP contribution >= 0.6 is 0 Å². The Labute approximate surface area is 388 Å². The van der Waals surface area contributed by atoms with E-state index in [4.69, 9.17) is 19.4 Å². The Hall–Kier alpha value is -6.80. The molecule has 0 radical (unpaired) electrons. The fourth-order valence-electron chi connectivity index (χ4n) is 10.9. The maximum absolute atomic E-state index is 14.6. The molecular formula is C53H56N8O6. The Morgan fingerprint density at radius 1 is 0.761 bits per heavy atom. The van der Waals surface area contributed by atoms with E-state index in [-0.39, 0.29) is 53.6 Å². The number of likely N-dealkylation sites (tertiary alicyclic amines) is 2. The fourth-order valence-corrected chi connectivity index (χ4v) is 10.9. The normalized spacial score (nSPS) is 22.5. The molecule has 4 aliphatic rings. The Bertz CT molecular complexity index is 3070. The predicted octanol–water partition coefficient (Wildman–Crippen LogP) is 8.65. The molecular weight excluding hydrogens is 845 g/mol. The Balaban J connectivity index is 0.866. The number of alkyl carbamates (subject to hydrolysis) is 1. The zero-order valence-corrected chi connectivity index (χ0v) is 38.3. The smallest absolute Gasteiger partial charge is 0.407 e. The third kappa shape index (κ3) is 7.84. The van der Waals surface area contributed by atoms with E-state index in [1.54, 1.807) is 7.11 Å². The van der Waals surface area contributed by atoms with Gasteiger partial charge in [-0.25, -0.2) is 14.8 Å². The molecule has 0 spiro atoms. The van der Waals surface area contributed by atoms with E-state index in [9.17, 15) is 19.2 Å². The first kappa shape index (κ1) is 42.8. The number of H-pyrrole nitrogens is 2. The summed E-state index contributed by atoms with van der Waals surface area (Å²) < 4.78 is 10.5. The maximum Gasteiger partial charge on any atom is 0.407 e. The molecule has 4 fully saturated rings. The minimum Gasteiger partial charge on any atom is -0.453 e. The number of ether oxygens (including phenoxy) is 2. The van der Waals surface area contributed by atoms with Crippen LogP contribution in [0.2, 0.25) is 0 Å². The van der Waals surface area contributed by atoms with Gasteiger partial charge in [0, 0.05) is 42.3 Å². The number of aromatic amines is 2. The molecule has 4 amide bonds. The summed E-state index contributed by atoms with van der Waals surface area (Å²) in [6.45, 7) is 5.01. The number of carbonyl (C=O) groups excluding carboxylic acids is 4. The van der Waals surface area contributed by atoms with Crippen molar-refractivity contribution in [1.82, 2.24) is 40.4 Å². The summed E-state index contributed by atoms with van der Waals surface area (Å²) >= 11 is 0. The van der Waals surface area contributed by atoms with Crippen molar-refractivity contribution in [1.29, 1.82) is 0 Å². The van der Waals surface area contributed by atoms with Gasteiger partial charge in [0.1, 0.15) is 23.7 Å². The van der Waals surface area contributed by atoms with Crippen molar-refractivity contribution >= 4 is 67.4 Å². The molecule has 344 valence electrons. The molecule has 7 aromatic rings. The van der Waals surface area contributed by atoms with Crippen molar-refractivity contribution in [2.24, 2.45) is 23.7 Å². The molecule has 5 aromatic carbocycles. The monoisotopic (exact) mass is 900 g/mol. The summed E-state index contributed by atoms with van der Waals surface area (Å²) in [6.07, 6.45) is 4.32. The van der Waals surface area contributed by atoms with Crippen LogP contribution in [-0.4, -0.2) is 93.0 Å². The molecule has 0 bridgehead atoms. The maximum atomic E-state index is 14.6. The second-order valence-corrected chi connectivity index (χ2v) is 19.3. The number of aromatic nitrogens is 4. The first-order valence-corrected chi connectivity index (χ1v) is 23.8. The van der Waals surface area contributed by atoms with Gasteiger partial charge in [-0.15, -0.1) is 0 Å².